The Morgan fingerprint density at radius 1 is 1.28 bits per heavy atom. The van der Waals surface area contributed by atoms with Gasteiger partial charge in [-0.2, -0.15) is 10.2 Å². The summed E-state index contributed by atoms with van der Waals surface area (Å²) in [5.74, 6) is -0.244. The fourth-order valence-electron chi connectivity index (χ4n) is 2.73. The first-order chi connectivity index (χ1) is 13.9. The molecule has 3 rings (SSSR count). The van der Waals surface area contributed by atoms with Gasteiger partial charge in [-0.25, -0.2) is 10.1 Å². The summed E-state index contributed by atoms with van der Waals surface area (Å²) in [4.78, 5) is 12.7. The Kier molecular flexibility index (Phi) is 7.10. The highest BCUT2D eigenvalue weighted by molar-refractivity contribution is 9.11. The highest BCUT2D eigenvalue weighted by atomic mass is 79.9. The van der Waals surface area contributed by atoms with Crippen LogP contribution in [0.3, 0.4) is 0 Å². The minimum absolute atomic E-state index is 0.102. The van der Waals surface area contributed by atoms with Gasteiger partial charge in [-0.15, -0.1) is 0 Å². The maximum absolute atomic E-state index is 12.7. The van der Waals surface area contributed by atoms with Crippen LogP contribution in [0.5, 0.6) is 5.75 Å². The highest BCUT2D eigenvalue weighted by Gasteiger charge is 2.17. The highest BCUT2D eigenvalue weighted by Crippen LogP contribution is 2.32. The van der Waals surface area contributed by atoms with Gasteiger partial charge in [0.2, 0.25) is 0 Å². The zero-order valence-corrected chi connectivity index (χ0v) is 19.3. The standard InChI is InChI=1S/C20H17Br2ClN4O2/c1-2-3-18-15(11-25-27(18)14-6-4-13(23)5-7-14)20(29)26-24-10-12-8-16(21)19(28)17(22)9-12/h4-11,28H,2-3H2,1H3,(H,26,29). The number of phenolic OH excluding ortho intramolecular Hbond substituents is 1. The molecule has 1 amide bonds. The van der Waals surface area contributed by atoms with Crippen molar-refractivity contribution < 1.29 is 9.90 Å². The smallest absolute Gasteiger partial charge is 0.274 e. The molecule has 1 aromatic heterocycles. The summed E-state index contributed by atoms with van der Waals surface area (Å²) in [5, 5.41) is 18.8. The minimum atomic E-state index is -0.346. The Bertz CT molecular complexity index is 1040. The molecule has 2 N–H and O–H groups in total. The number of benzene rings is 2. The van der Waals surface area contributed by atoms with E-state index in [-0.39, 0.29) is 11.7 Å². The molecule has 9 heteroatoms. The third-order valence-corrected chi connectivity index (χ3v) is 5.55. The number of hydrogen-bond acceptors (Lipinski definition) is 4. The van der Waals surface area contributed by atoms with Crippen molar-refractivity contribution in [3.8, 4) is 11.4 Å². The van der Waals surface area contributed by atoms with Crippen LogP contribution in [0, 0.1) is 0 Å². The van der Waals surface area contributed by atoms with Crippen LogP contribution < -0.4 is 5.43 Å². The quantitative estimate of drug-likeness (QED) is 0.321. The number of carbonyl (C=O) groups is 1. The molecular weight excluding hydrogens is 524 g/mol. The molecule has 0 spiro atoms. The summed E-state index contributed by atoms with van der Waals surface area (Å²) < 4.78 is 2.79. The second-order valence-electron chi connectivity index (χ2n) is 6.18. The first-order valence-corrected chi connectivity index (χ1v) is 10.7. The predicted molar refractivity (Wildman–Crippen MR) is 121 cm³/mol. The van der Waals surface area contributed by atoms with Crippen LogP contribution in [0.15, 0.2) is 56.6 Å². The average molecular weight is 541 g/mol. The maximum atomic E-state index is 12.7. The topological polar surface area (TPSA) is 79.5 Å². The number of hydrogen-bond donors (Lipinski definition) is 2. The van der Waals surface area contributed by atoms with E-state index in [0.29, 0.717) is 31.5 Å². The number of aromatic hydroxyl groups is 1. The molecule has 0 aliphatic carbocycles. The van der Waals surface area contributed by atoms with Crippen molar-refractivity contribution in [1.29, 1.82) is 0 Å². The minimum Gasteiger partial charge on any atom is -0.506 e. The number of amides is 1. The summed E-state index contributed by atoms with van der Waals surface area (Å²) in [6.07, 6.45) is 4.58. The molecule has 0 saturated carbocycles. The van der Waals surface area contributed by atoms with E-state index >= 15 is 0 Å². The molecule has 29 heavy (non-hydrogen) atoms. The van der Waals surface area contributed by atoms with Crippen LogP contribution in [0.4, 0.5) is 0 Å². The maximum Gasteiger partial charge on any atom is 0.274 e. The van der Waals surface area contributed by atoms with Crippen molar-refractivity contribution in [3.63, 3.8) is 0 Å². The van der Waals surface area contributed by atoms with E-state index in [2.05, 4.69) is 47.5 Å². The van der Waals surface area contributed by atoms with Gasteiger partial charge in [0.1, 0.15) is 5.75 Å². The summed E-state index contributed by atoms with van der Waals surface area (Å²) in [6, 6.07) is 10.7. The first kappa shape index (κ1) is 21.5. The Morgan fingerprint density at radius 2 is 1.93 bits per heavy atom. The number of rotatable bonds is 6. The monoisotopic (exact) mass is 538 g/mol. The molecular formula is C20H17Br2ClN4O2. The van der Waals surface area contributed by atoms with Crippen LogP contribution >= 0.6 is 43.5 Å². The lowest BCUT2D eigenvalue weighted by molar-refractivity contribution is 0.0954. The van der Waals surface area contributed by atoms with Gasteiger partial charge in [-0.05, 0) is 80.2 Å². The van der Waals surface area contributed by atoms with Crippen molar-refractivity contribution in [2.45, 2.75) is 19.8 Å². The van der Waals surface area contributed by atoms with Gasteiger partial charge in [0, 0.05) is 5.02 Å². The molecule has 0 saturated heterocycles. The molecule has 150 valence electrons. The molecule has 2 aromatic carbocycles. The molecule has 0 unspecified atom stereocenters. The number of halogens is 3. The Labute approximate surface area is 189 Å². The SMILES string of the molecule is CCCc1c(C(=O)NN=Cc2cc(Br)c(O)c(Br)c2)cnn1-c1ccc(Cl)cc1. The lowest BCUT2D eigenvalue weighted by atomic mass is 10.1. The number of nitrogens with one attached hydrogen (secondary N) is 1. The van der Waals surface area contributed by atoms with Crippen molar-refractivity contribution in [3.05, 3.63) is 73.4 Å². The Hall–Kier alpha value is -2.16. The number of aromatic nitrogens is 2. The van der Waals surface area contributed by atoms with Gasteiger partial charge in [-0.3, -0.25) is 4.79 Å². The summed E-state index contributed by atoms with van der Waals surface area (Å²) in [7, 11) is 0. The molecule has 0 radical (unpaired) electrons. The van der Waals surface area contributed by atoms with Crippen molar-refractivity contribution >= 4 is 55.6 Å². The first-order valence-electron chi connectivity index (χ1n) is 8.75. The van der Waals surface area contributed by atoms with E-state index in [4.69, 9.17) is 11.6 Å². The molecule has 0 atom stereocenters. The molecule has 0 fully saturated rings. The molecule has 6 nitrogen and oxygen atoms in total. The van der Waals surface area contributed by atoms with Crippen LogP contribution in [-0.4, -0.2) is 27.0 Å². The van der Waals surface area contributed by atoms with E-state index in [0.717, 1.165) is 17.8 Å². The summed E-state index contributed by atoms with van der Waals surface area (Å²) in [6.45, 7) is 2.04. The van der Waals surface area contributed by atoms with Gasteiger partial charge in [0.05, 0.1) is 38.3 Å². The molecule has 0 bridgehead atoms. The number of hydrazone groups is 1. The summed E-state index contributed by atoms with van der Waals surface area (Å²) in [5.41, 5.74) is 5.34. The average Bonchev–Trinajstić information content (AvgIpc) is 3.10. The fraction of sp³-hybridized carbons (Fsp3) is 0.150. The van der Waals surface area contributed by atoms with E-state index in [1.165, 1.54) is 12.4 Å². The zero-order chi connectivity index (χ0) is 21.0. The number of carbonyl (C=O) groups excluding carboxylic acids is 1. The van der Waals surface area contributed by atoms with Gasteiger partial charge < -0.3 is 5.11 Å². The van der Waals surface area contributed by atoms with E-state index in [1.54, 1.807) is 28.9 Å². The third kappa shape index (κ3) is 5.07. The number of nitrogens with zero attached hydrogens (tertiary/aromatic N) is 3. The van der Waals surface area contributed by atoms with Gasteiger partial charge in [0.15, 0.2) is 0 Å². The third-order valence-electron chi connectivity index (χ3n) is 4.09. The van der Waals surface area contributed by atoms with Crippen LogP contribution in [-0.2, 0) is 6.42 Å². The van der Waals surface area contributed by atoms with E-state index in [9.17, 15) is 9.90 Å². The predicted octanol–water partition coefficient (Wildman–Crippen LogP) is 5.47. The lowest BCUT2D eigenvalue weighted by Gasteiger charge is -2.08. The molecule has 1 heterocycles. The van der Waals surface area contributed by atoms with E-state index in [1.807, 2.05) is 19.1 Å². The lowest BCUT2D eigenvalue weighted by Crippen LogP contribution is -2.19. The number of phenols is 1. The summed E-state index contributed by atoms with van der Waals surface area (Å²) >= 11 is 12.5. The van der Waals surface area contributed by atoms with Crippen molar-refractivity contribution in [2.75, 3.05) is 0 Å². The zero-order valence-electron chi connectivity index (χ0n) is 15.4. The molecule has 0 aliphatic heterocycles. The fourth-order valence-corrected chi connectivity index (χ4v) is 4.08. The van der Waals surface area contributed by atoms with Crippen LogP contribution in [0.2, 0.25) is 5.02 Å². The van der Waals surface area contributed by atoms with Crippen LogP contribution in [0.1, 0.15) is 35.0 Å². The Balaban J connectivity index is 1.81. The van der Waals surface area contributed by atoms with Gasteiger partial charge in [0.25, 0.3) is 5.91 Å². The van der Waals surface area contributed by atoms with Crippen molar-refractivity contribution in [2.24, 2.45) is 5.10 Å². The van der Waals surface area contributed by atoms with Gasteiger partial charge >= 0.3 is 0 Å². The molecule has 3 aromatic rings. The van der Waals surface area contributed by atoms with Crippen molar-refractivity contribution in [1.82, 2.24) is 15.2 Å². The Morgan fingerprint density at radius 3 is 2.55 bits per heavy atom. The second kappa shape index (κ2) is 9.56. The second-order valence-corrected chi connectivity index (χ2v) is 8.32. The largest absolute Gasteiger partial charge is 0.506 e. The normalized spacial score (nSPS) is 11.2. The van der Waals surface area contributed by atoms with Crippen LogP contribution in [0.25, 0.3) is 5.69 Å². The van der Waals surface area contributed by atoms with E-state index < -0.39 is 0 Å². The molecule has 0 aliphatic rings. The van der Waals surface area contributed by atoms with Gasteiger partial charge in [-0.1, -0.05) is 24.9 Å².